The first kappa shape index (κ1) is 14.2. The lowest BCUT2D eigenvalue weighted by Crippen LogP contribution is -2.28. The maximum atomic E-state index is 10.7. The number of carboxylic acids is 1. The molecule has 1 rings (SSSR count). The van der Waals surface area contributed by atoms with Gasteiger partial charge in [-0.2, -0.15) is 5.26 Å². The number of nitrogens with zero attached hydrogens (tertiary/aromatic N) is 3. The van der Waals surface area contributed by atoms with Gasteiger partial charge < -0.3 is 9.63 Å². The molecule has 18 heavy (non-hydrogen) atoms. The van der Waals surface area contributed by atoms with Crippen LogP contribution in [0.15, 0.2) is 10.6 Å². The van der Waals surface area contributed by atoms with Crippen LogP contribution in [0.25, 0.3) is 0 Å². The van der Waals surface area contributed by atoms with Crippen molar-refractivity contribution in [2.24, 2.45) is 5.92 Å². The second-order valence-electron chi connectivity index (χ2n) is 4.52. The third-order valence-electron chi connectivity index (χ3n) is 2.32. The van der Waals surface area contributed by atoms with Crippen LogP contribution in [0.3, 0.4) is 0 Å². The van der Waals surface area contributed by atoms with E-state index in [9.17, 15) is 4.79 Å². The van der Waals surface area contributed by atoms with Gasteiger partial charge in [-0.3, -0.25) is 4.90 Å². The van der Waals surface area contributed by atoms with Gasteiger partial charge >= 0.3 is 5.97 Å². The molecular weight excluding hydrogens is 234 g/mol. The summed E-state index contributed by atoms with van der Waals surface area (Å²) in [6.45, 7) is 6.10. The highest BCUT2D eigenvalue weighted by molar-refractivity contribution is 5.85. The Morgan fingerprint density at radius 3 is 2.89 bits per heavy atom. The standard InChI is InChI=1S/C12H17N3O3/c1-9(2)7-15(5-3-4-13)8-10-6-11(12(16)17)14-18-10/h6,9H,3,5,7-8H2,1-2H3,(H,16,17). The van der Waals surface area contributed by atoms with Crippen LogP contribution < -0.4 is 0 Å². The molecule has 1 aromatic heterocycles. The van der Waals surface area contributed by atoms with Crippen molar-refractivity contribution in [3.63, 3.8) is 0 Å². The number of carboxylic acid groups (broad SMARTS) is 1. The normalized spacial score (nSPS) is 10.8. The number of hydrogen-bond donors (Lipinski definition) is 1. The Hall–Kier alpha value is -1.87. The molecule has 0 saturated heterocycles. The molecule has 0 aliphatic heterocycles. The second kappa shape index (κ2) is 6.77. The minimum absolute atomic E-state index is 0.0882. The van der Waals surface area contributed by atoms with Crippen LogP contribution in [-0.2, 0) is 6.54 Å². The molecule has 0 radical (unpaired) electrons. The maximum absolute atomic E-state index is 10.7. The molecular formula is C12H17N3O3. The van der Waals surface area contributed by atoms with Crippen LogP contribution in [0.2, 0.25) is 0 Å². The van der Waals surface area contributed by atoms with Gasteiger partial charge in [-0.25, -0.2) is 4.79 Å². The van der Waals surface area contributed by atoms with Crippen molar-refractivity contribution in [3.8, 4) is 6.07 Å². The molecule has 0 fully saturated rings. The van der Waals surface area contributed by atoms with Crippen LogP contribution in [0.4, 0.5) is 0 Å². The van der Waals surface area contributed by atoms with E-state index in [-0.39, 0.29) is 5.69 Å². The van der Waals surface area contributed by atoms with E-state index < -0.39 is 5.97 Å². The van der Waals surface area contributed by atoms with Gasteiger partial charge in [-0.15, -0.1) is 0 Å². The van der Waals surface area contributed by atoms with Crippen molar-refractivity contribution in [2.75, 3.05) is 13.1 Å². The van der Waals surface area contributed by atoms with E-state index in [1.54, 1.807) is 0 Å². The van der Waals surface area contributed by atoms with Gasteiger partial charge in [0.2, 0.25) is 0 Å². The van der Waals surface area contributed by atoms with E-state index in [1.165, 1.54) is 6.07 Å². The zero-order valence-electron chi connectivity index (χ0n) is 10.6. The molecule has 1 N–H and O–H groups in total. The lowest BCUT2D eigenvalue weighted by atomic mass is 10.2. The predicted octanol–water partition coefficient (Wildman–Crippen LogP) is 1.74. The van der Waals surface area contributed by atoms with Crippen LogP contribution >= 0.6 is 0 Å². The first-order chi connectivity index (χ1) is 8.52. The Balaban J connectivity index is 2.63. The average molecular weight is 251 g/mol. The summed E-state index contributed by atoms with van der Waals surface area (Å²) >= 11 is 0. The van der Waals surface area contributed by atoms with Crippen LogP contribution in [0.1, 0.15) is 36.5 Å². The minimum atomic E-state index is -1.10. The van der Waals surface area contributed by atoms with Crippen molar-refractivity contribution >= 4 is 5.97 Å². The van der Waals surface area contributed by atoms with Gasteiger partial charge in [0, 0.05) is 25.6 Å². The molecule has 0 aromatic carbocycles. The molecule has 0 unspecified atom stereocenters. The third-order valence-corrected chi connectivity index (χ3v) is 2.32. The fraction of sp³-hybridized carbons (Fsp3) is 0.583. The molecule has 98 valence electrons. The summed E-state index contributed by atoms with van der Waals surface area (Å²) in [5.74, 6) is -0.131. The van der Waals surface area contributed by atoms with Gasteiger partial charge in [0.05, 0.1) is 12.6 Å². The smallest absolute Gasteiger partial charge is 0.358 e. The topological polar surface area (TPSA) is 90.4 Å². The number of aromatic carboxylic acids is 1. The summed E-state index contributed by atoms with van der Waals surface area (Å²) in [4.78, 5) is 12.7. The Morgan fingerprint density at radius 2 is 2.39 bits per heavy atom. The van der Waals surface area contributed by atoms with E-state index >= 15 is 0 Å². The van der Waals surface area contributed by atoms with E-state index in [0.717, 1.165) is 6.54 Å². The van der Waals surface area contributed by atoms with Crippen LogP contribution in [-0.4, -0.2) is 34.2 Å². The second-order valence-corrected chi connectivity index (χ2v) is 4.52. The summed E-state index contributed by atoms with van der Waals surface area (Å²) in [5, 5.41) is 20.8. The summed E-state index contributed by atoms with van der Waals surface area (Å²) in [6.07, 6.45) is 0.437. The zero-order valence-corrected chi connectivity index (χ0v) is 10.6. The predicted molar refractivity (Wildman–Crippen MR) is 63.8 cm³/mol. The van der Waals surface area contributed by atoms with Crippen LogP contribution in [0, 0.1) is 17.2 Å². The monoisotopic (exact) mass is 251 g/mol. The lowest BCUT2D eigenvalue weighted by Gasteiger charge is -2.21. The first-order valence-electron chi connectivity index (χ1n) is 5.81. The summed E-state index contributed by atoms with van der Waals surface area (Å²) in [6, 6.07) is 3.52. The molecule has 0 spiro atoms. The Morgan fingerprint density at radius 1 is 1.67 bits per heavy atom. The number of aromatic nitrogens is 1. The summed E-state index contributed by atoms with van der Waals surface area (Å²) in [5.41, 5.74) is -0.0882. The van der Waals surface area contributed by atoms with Gasteiger partial charge in [0.25, 0.3) is 0 Å². The van der Waals surface area contributed by atoms with Crippen molar-refractivity contribution in [3.05, 3.63) is 17.5 Å². The van der Waals surface area contributed by atoms with Crippen molar-refractivity contribution in [2.45, 2.75) is 26.8 Å². The molecule has 6 heteroatoms. The molecule has 0 aliphatic rings. The first-order valence-corrected chi connectivity index (χ1v) is 5.81. The van der Waals surface area contributed by atoms with Gasteiger partial charge in [-0.1, -0.05) is 19.0 Å². The summed E-state index contributed by atoms with van der Waals surface area (Å²) in [7, 11) is 0. The van der Waals surface area contributed by atoms with E-state index in [1.807, 2.05) is 0 Å². The highest BCUT2D eigenvalue weighted by atomic mass is 16.5. The molecule has 0 bridgehead atoms. The lowest BCUT2D eigenvalue weighted by molar-refractivity contribution is 0.0685. The Bertz CT molecular complexity index is 434. The number of nitriles is 1. The highest BCUT2D eigenvalue weighted by Gasteiger charge is 2.14. The maximum Gasteiger partial charge on any atom is 0.358 e. The Labute approximate surface area is 106 Å². The fourth-order valence-electron chi connectivity index (χ4n) is 1.67. The van der Waals surface area contributed by atoms with Crippen molar-refractivity contribution < 1.29 is 14.4 Å². The molecule has 0 amide bonds. The average Bonchev–Trinajstić information content (AvgIpc) is 2.73. The van der Waals surface area contributed by atoms with Crippen molar-refractivity contribution in [1.29, 1.82) is 5.26 Å². The summed E-state index contributed by atoms with van der Waals surface area (Å²) < 4.78 is 4.96. The number of hydrogen-bond acceptors (Lipinski definition) is 5. The SMILES string of the molecule is CC(C)CN(CCC#N)Cc1cc(C(=O)O)no1. The minimum Gasteiger partial charge on any atom is -0.476 e. The molecule has 0 atom stereocenters. The molecule has 1 aromatic rings. The fourth-order valence-corrected chi connectivity index (χ4v) is 1.67. The highest BCUT2D eigenvalue weighted by Crippen LogP contribution is 2.10. The molecule has 1 heterocycles. The molecule has 0 aliphatic carbocycles. The number of rotatable bonds is 7. The van der Waals surface area contributed by atoms with E-state index in [0.29, 0.717) is 31.2 Å². The Kier molecular flexibility index (Phi) is 5.33. The van der Waals surface area contributed by atoms with E-state index in [4.69, 9.17) is 14.9 Å². The van der Waals surface area contributed by atoms with Gasteiger partial charge in [0.15, 0.2) is 11.5 Å². The van der Waals surface area contributed by atoms with E-state index in [2.05, 4.69) is 30.0 Å². The van der Waals surface area contributed by atoms with Crippen molar-refractivity contribution in [1.82, 2.24) is 10.1 Å². The van der Waals surface area contributed by atoms with Crippen LogP contribution in [0.5, 0.6) is 0 Å². The molecule has 6 nitrogen and oxygen atoms in total. The number of carbonyl (C=O) groups is 1. The largest absolute Gasteiger partial charge is 0.476 e. The zero-order chi connectivity index (χ0) is 13.5. The molecule has 0 saturated carbocycles. The quantitative estimate of drug-likeness (QED) is 0.793. The van der Waals surface area contributed by atoms with Gasteiger partial charge in [0.1, 0.15) is 0 Å². The third kappa shape index (κ3) is 4.55. The van der Waals surface area contributed by atoms with Gasteiger partial charge in [-0.05, 0) is 5.92 Å².